The standard InChI is InChI=1S/C13H17N3O/c1-4-14-13-15-12(16-17-13)11-7-5-10(6-8-11)9(2)3/h5-9H,4H2,1-3H3,(H,14,15,16). The maximum absolute atomic E-state index is 5.06. The first kappa shape index (κ1) is 11.6. The molecule has 0 spiro atoms. The highest BCUT2D eigenvalue weighted by atomic mass is 16.5. The van der Waals surface area contributed by atoms with Crippen LogP contribution in [0.3, 0.4) is 0 Å². The van der Waals surface area contributed by atoms with Crippen LogP contribution in [0.2, 0.25) is 0 Å². The molecule has 0 unspecified atom stereocenters. The van der Waals surface area contributed by atoms with E-state index in [1.54, 1.807) is 0 Å². The molecular weight excluding hydrogens is 214 g/mol. The lowest BCUT2D eigenvalue weighted by molar-refractivity contribution is 0.432. The van der Waals surface area contributed by atoms with Gasteiger partial charge in [-0.25, -0.2) is 0 Å². The molecular formula is C13H17N3O. The van der Waals surface area contributed by atoms with Crippen molar-refractivity contribution >= 4 is 6.01 Å². The van der Waals surface area contributed by atoms with Gasteiger partial charge >= 0.3 is 6.01 Å². The summed E-state index contributed by atoms with van der Waals surface area (Å²) < 4.78 is 5.06. The number of benzene rings is 1. The zero-order valence-electron chi connectivity index (χ0n) is 10.4. The molecule has 2 rings (SSSR count). The Labute approximate surface area is 101 Å². The van der Waals surface area contributed by atoms with E-state index >= 15 is 0 Å². The first-order chi connectivity index (χ1) is 8.20. The van der Waals surface area contributed by atoms with Crippen LogP contribution < -0.4 is 5.32 Å². The zero-order chi connectivity index (χ0) is 12.3. The molecule has 0 bridgehead atoms. The van der Waals surface area contributed by atoms with Gasteiger partial charge in [0.25, 0.3) is 0 Å². The van der Waals surface area contributed by atoms with Crippen LogP contribution in [-0.2, 0) is 0 Å². The van der Waals surface area contributed by atoms with E-state index in [-0.39, 0.29) is 0 Å². The number of hydrogen-bond donors (Lipinski definition) is 1. The van der Waals surface area contributed by atoms with Crippen molar-refractivity contribution < 1.29 is 4.52 Å². The largest absolute Gasteiger partial charge is 0.338 e. The van der Waals surface area contributed by atoms with Gasteiger partial charge in [-0.3, -0.25) is 0 Å². The molecule has 0 fully saturated rings. The Morgan fingerprint density at radius 1 is 1.24 bits per heavy atom. The third-order valence-electron chi connectivity index (χ3n) is 2.59. The van der Waals surface area contributed by atoms with Gasteiger partial charge in [0.05, 0.1) is 0 Å². The van der Waals surface area contributed by atoms with Gasteiger partial charge in [0.15, 0.2) is 0 Å². The Morgan fingerprint density at radius 2 is 1.94 bits per heavy atom. The van der Waals surface area contributed by atoms with E-state index in [1.807, 2.05) is 19.1 Å². The summed E-state index contributed by atoms with van der Waals surface area (Å²) in [6.45, 7) is 7.11. The second-order valence-corrected chi connectivity index (χ2v) is 4.23. The number of anilines is 1. The van der Waals surface area contributed by atoms with E-state index < -0.39 is 0 Å². The average Bonchev–Trinajstić information content (AvgIpc) is 2.78. The summed E-state index contributed by atoms with van der Waals surface area (Å²) >= 11 is 0. The highest BCUT2D eigenvalue weighted by Crippen LogP contribution is 2.21. The molecule has 0 atom stereocenters. The third kappa shape index (κ3) is 2.64. The molecule has 4 nitrogen and oxygen atoms in total. The molecule has 0 aliphatic rings. The summed E-state index contributed by atoms with van der Waals surface area (Å²) in [6.07, 6.45) is 0. The molecule has 2 aromatic rings. The van der Waals surface area contributed by atoms with Crippen LogP contribution in [0.1, 0.15) is 32.3 Å². The predicted octanol–water partition coefficient (Wildman–Crippen LogP) is 3.29. The second kappa shape index (κ2) is 4.99. The maximum Gasteiger partial charge on any atom is 0.321 e. The minimum absolute atomic E-state index is 0.468. The molecule has 4 heteroatoms. The van der Waals surface area contributed by atoms with Crippen LogP contribution in [0.4, 0.5) is 6.01 Å². The van der Waals surface area contributed by atoms with E-state index in [2.05, 4.69) is 41.4 Å². The normalized spacial score (nSPS) is 10.8. The second-order valence-electron chi connectivity index (χ2n) is 4.23. The molecule has 0 radical (unpaired) electrons. The highest BCUT2D eigenvalue weighted by Gasteiger charge is 2.07. The molecule has 17 heavy (non-hydrogen) atoms. The Hall–Kier alpha value is -1.84. The Bertz CT molecular complexity index is 474. The van der Waals surface area contributed by atoms with Crippen molar-refractivity contribution in [2.75, 3.05) is 11.9 Å². The summed E-state index contributed by atoms with van der Waals surface area (Å²) in [5, 5.41) is 6.92. The fourth-order valence-corrected chi connectivity index (χ4v) is 1.58. The highest BCUT2D eigenvalue weighted by molar-refractivity contribution is 5.56. The smallest absolute Gasteiger partial charge is 0.321 e. The lowest BCUT2D eigenvalue weighted by Gasteiger charge is -2.04. The summed E-state index contributed by atoms with van der Waals surface area (Å²) in [7, 11) is 0. The lowest BCUT2D eigenvalue weighted by atomic mass is 10.0. The molecule has 1 aromatic carbocycles. The van der Waals surface area contributed by atoms with Crippen LogP contribution in [-0.4, -0.2) is 16.7 Å². The number of rotatable bonds is 4. The maximum atomic E-state index is 5.06. The average molecular weight is 231 g/mol. The van der Waals surface area contributed by atoms with Crippen molar-refractivity contribution in [2.24, 2.45) is 0 Å². The molecule has 0 aliphatic carbocycles. The zero-order valence-corrected chi connectivity index (χ0v) is 10.4. The summed E-state index contributed by atoms with van der Waals surface area (Å²) in [5.41, 5.74) is 2.28. The van der Waals surface area contributed by atoms with Crippen molar-refractivity contribution in [1.82, 2.24) is 10.1 Å². The van der Waals surface area contributed by atoms with Gasteiger partial charge < -0.3 is 9.84 Å². The summed E-state index contributed by atoms with van der Waals surface area (Å²) in [6, 6.07) is 8.72. The van der Waals surface area contributed by atoms with Gasteiger partial charge in [0.1, 0.15) is 0 Å². The van der Waals surface area contributed by atoms with E-state index in [9.17, 15) is 0 Å². The van der Waals surface area contributed by atoms with Crippen molar-refractivity contribution in [2.45, 2.75) is 26.7 Å². The van der Waals surface area contributed by atoms with E-state index in [1.165, 1.54) is 5.56 Å². The molecule has 0 amide bonds. The Morgan fingerprint density at radius 3 is 2.53 bits per heavy atom. The van der Waals surface area contributed by atoms with Gasteiger partial charge in [-0.1, -0.05) is 43.3 Å². The van der Waals surface area contributed by atoms with Crippen molar-refractivity contribution in [1.29, 1.82) is 0 Å². The van der Waals surface area contributed by atoms with Gasteiger partial charge in [-0.15, -0.1) is 0 Å². The van der Waals surface area contributed by atoms with E-state index in [0.29, 0.717) is 17.8 Å². The van der Waals surface area contributed by atoms with Crippen molar-refractivity contribution in [3.05, 3.63) is 29.8 Å². The quantitative estimate of drug-likeness (QED) is 0.877. The van der Waals surface area contributed by atoms with Crippen LogP contribution in [0.25, 0.3) is 11.4 Å². The van der Waals surface area contributed by atoms with Crippen LogP contribution in [0.15, 0.2) is 28.8 Å². The molecule has 0 aliphatic heterocycles. The third-order valence-corrected chi connectivity index (χ3v) is 2.59. The van der Waals surface area contributed by atoms with Crippen LogP contribution >= 0.6 is 0 Å². The number of nitrogens with one attached hydrogen (secondary N) is 1. The molecule has 0 saturated heterocycles. The number of nitrogens with zero attached hydrogens (tertiary/aromatic N) is 2. The summed E-state index contributed by atoms with van der Waals surface area (Å²) in [4.78, 5) is 4.26. The molecule has 90 valence electrons. The summed E-state index contributed by atoms with van der Waals surface area (Å²) in [5.74, 6) is 1.16. The predicted molar refractivity (Wildman–Crippen MR) is 68.0 cm³/mol. The first-order valence-electron chi connectivity index (χ1n) is 5.88. The monoisotopic (exact) mass is 231 g/mol. The fraction of sp³-hybridized carbons (Fsp3) is 0.385. The SMILES string of the molecule is CCNc1nc(-c2ccc(C(C)C)cc2)no1. The van der Waals surface area contributed by atoms with Gasteiger partial charge in [-0.2, -0.15) is 4.98 Å². The van der Waals surface area contributed by atoms with Gasteiger partial charge in [-0.05, 0) is 18.4 Å². The molecule has 1 aromatic heterocycles. The number of aromatic nitrogens is 2. The van der Waals surface area contributed by atoms with Crippen LogP contribution in [0, 0.1) is 0 Å². The Kier molecular flexibility index (Phi) is 3.42. The minimum atomic E-state index is 0.468. The lowest BCUT2D eigenvalue weighted by Crippen LogP contribution is -1.95. The number of hydrogen-bond acceptors (Lipinski definition) is 4. The fourth-order valence-electron chi connectivity index (χ4n) is 1.58. The topological polar surface area (TPSA) is 51.0 Å². The van der Waals surface area contributed by atoms with Gasteiger partial charge in [0, 0.05) is 12.1 Å². The minimum Gasteiger partial charge on any atom is -0.338 e. The Balaban J connectivity index is 2.21. The van der Waals surface area contributed by atoms with E-state index in [0.717, 1.165) is 12.1 Å². The van der Waals surface area contributed by atoms with Gasteiger partial charge in [0.2, 0.25) is 5.82 Å². The van der Waals surface area contributed by atoms with E-state index in [4.69, 9.17) is 4.52 Å². The first-order valence-corrected chi connectivity index (χ1v) is 5.88. The van der Waals surface area contributed by atoms with Crippen molar-refractivity contribution in [3.8, 4) is 11.4 Å². The van der Waals surface area contributed by atoms with Crippen molar-refractivity contribution in [3.63, 3.8) is 0 Å². The van der Waals surface area contributed by atoms with Crippen LogP contribution in [0.5, 0.6) is 0 Å². The molecule has 0 saturated carbocycles. The molecule has 1 heterocycles. The molecule has 1 N–H and O–H groups in total.